The summed E-state index contributed by atoms with van der Waals surface area (Å²) in [5, 5.41) is 3.87. The second kappa shape index (κ2) is 2.07. The molecule has 2 aromatic rings. The largest absolute Gasteiger partial charge is 0.366 e. The number of nitrogens with two attached hydrogens (primary N) is 1. The Balaban J connectivity index is 2.97. The van der Waals surface area contributed by atoms with Crippen molar-refractivity contribution in [3.8, 4) is 0 Å². The number of aromatic amines is 1. The lowest BCUT2D eigenvalue weighted by atomic mass is 10.4. The molecule has 0 aliphatic heterocycles. The summed E-state index contributed by atoms with van der Waals surface area (Å²) in [6.45, 7) is 1.76. The van der Waals surface area contributed by atoms with Crippen LogP contribution in [0.4, 0.5) is 5.95 Å². The third-order valence-corrected chi connectivity index (χ3v) is 1.53. The van der Waals surface area contributed by atoms with Crippen LogP contribution in [0.2, 0.25) is 0 Å². The number of aryl methyl sites for hydroxylation is 1. The average molecular weight is 165 g/mol. The molecule has 0 bridgehead atoms. The zero-order chi connectivity index (χ0) is 8.72. The van der Waals surface area contributed by atoms with Crippen LogP contribution in [-0.2, 0) is 0 Å². The van der Waals surface area contributed by atoms with E-state index >= 15 is 0 Å². The Kier molecular flexibility index (Phi) is 1.18. The minimum Gasteiger partial charge on any atom is -0.366 e. The number of nitrogens with zero attached hydrogens (tertiary/aromatic N) is 3. The van der Waals surface area contributed by atoms with Crippen molar-refractivity contribution in [2.24, 2.45) is 0 Å². The summed E-state index contributed by atoms with van der Waals surface area (Å²) >= 11 is 0. The molecule has 3 N–H and O–H groups in total. The van der Waals surface area contributed by atoms with E-state index in [-0.39, 0.29) is 11.5 Å². The highest BCUT2D eigenvalue weighted by molar-refractivity contribution is 5.34. The molecule has 0 amide bonds. The number of anilines is 1. The van der Waals surface area contributed by atoms with Gasteiger partial charge in [0.25, 0.3) is 5.56 Å². The standard InChI is InChI=1S/C6H7N5O/c1-3-2-4(12)8-6-9-5(7)10-11(3)6/h2H,1H3,(H3,7,8,9,10,12). The molecule has 0 fully saturated rings. The van der Waals surface area contributed by atoms with E-state index in [9.17, 15) is 4.79 Å². The molecule has 0 unspecified atom stereocenters. The van der Waals surface area contributed by atoms with Crippen molar-refractivity contribution in [1.82, 2.24) is 19.6 Å². The SMILES string of the molecule is Cc1cc(=O)[nH]c2nc(N)nn12. The molecular weight excluding hydrogens is 158 g/mol. The molecule has 0 aliphatic carbocycles. The van der Waals surface area contributed by atoms with Crippen LogP contribution in [0.5, 0.6) is 0 Å². The van der Waals surface area contributed by atoms with Crippen LogP contribution in [0.1, 0.15) is 5.69 Å². The Bertz CT molecular complexity index is 482. The number of aromatic nitrogens is 4. The number of rotatable bonds is 0. The highest BCUT2D eigenvalue weighted by atomic mass is 16.1. The van der Waals surface area contributed by atoms with E-state index in [1.54, 1.807) is 6.92 Å². The molecule has 6 nitrogen and oxygen atoms in total. The average Bonchev–Trinajstić information content (AvgIpc) is 2.29. The number of fused-ring (bicyclic) bond motifs is 1. The molecule has 0 spiro atoms. The van der Waals surface area contributed by atoms with Crippen molar-refractivity contribution in [2.45, 2.75) is 6.92 Å². The van der Waals surface area contributed by atoms with Gasteiger partial charge in [-0.05, 0) is 6.92 Å². The van der Waals surface area contributed by atoms with Crippen LogP contribution in [0.15, 0.2) is 10.9 Å². The van der Waals surface area contributed by atoms with Gasteiger partial charge in [0.15, 0.2) is 0 Å². The van der Waals surface area contributed by atoms with Crippen molar-refractivity contribution in [3.05, 3.63) is 22.1 Å². The Morgan fingerprint density at radius 1 is 1.67 bits per heavy atom. The molecule has 0 aliphatic rings. The molecule has 62 valence electrons. The first-order valence-electron chi connectivity index (χ1n) is 3.39. The van der Waals surface area contributed by atoms with Crippen molar-refractivity contribution >= 4 is 11.7 Å². The molecule has 2 heterocycles. The number of nitrogen functional groups attached to an aromatic ring is 1. The van der Waals surface area contributed by atoms with Crippen LogP contribution in [0.25, 0.3) is 5.78 Å². The molecule has 0 radical (unpaired) electrons. The van der Waals surface area contributed by atoms with Gasteiger partial charge in [0, 0.05) is 11.8 Å². The molecule has 0 saturated carbocycles. The van der Waals surface area contributed by atoms with Crippen LogP contribution in [0.3, 0.4) is 0 Å². The topological polar surface area (TPSA) is 89.1 Å². The quantitative estimate of drug-likeness (QED) is 0.540. The first-order valence-corrected chi connectivity index (χ1v) is 3.39. The van der Waals surface area contributed by atoms with Gasteiger partial charge >= 0.3 is 0 Å². The second-order valence-electron chi connectivity index (χ2n) is 2.48. The number of hydrogen-bond acceptors (Lipinski definition) is 4. The molecule has 2 rings (SSSR count). The number of hydrogen-bond donors (Lipinski definition) is 2. The Morgan fingerprint density at radius 2 is 2.42 bits per heavy atom. The predicted octanol–water partition coefficient (Wildman–Crippen LogP) is -0.692. The predicted molar refractivity (Wildman–Crippen MR) is 42.8 cm³/mol. The van der Waals surface area contributed by atoms with Crippen LogP contribution in [0, 0.1) is 6.92 Å². The zero-order valence-electron chi connectivity index (χ0n) is 6.40. The minimum atomic E-state index is -0.201. The lowest BCUT2D eigenvalue weighted by Gasteiger charge is -1.93. The molecule has 6 heteroatoms. The summed E-state index contributed by atoms with van der Waals surface area (Å²) in [6, 6.07) is 1.43. The maximum absolute atomic E-state index is 10.9. The lowest BCUT2D eigenvalue weighted by molar-refractivity contribution is 0.890. The Hall–Kier alpha value is -1.85. The first-order chi connectivity index (χ1) is 5.66. The van der Waals surface area contributed by atoms with E-state index in [2.05, 4.69) is 15.1 Å². The highest BCUT2D eigenvalue weighted by Gasteiger charge is 2.02. The fourth-order valence-electron chi connectivity index (χ4n) is 1.05. The normalized spacial score (nSPS) is 10.8. The summed E-state index contributed by atoms with van der Waals surface area (Å²) in [7, 11) is 0. The van der Waals surface area contributed by atoms with Gasteiger partial charge in [-0.1, -0.05) is 0 Å². The number of nitrogens with one attached hydrogen (secondary N) is 1. The molecular formula is C6H7N5O. The van der Waals surface area contributed by atoms with Gasteiger partial charge in [-0.3, -0.25) is 9.78 Å². The first kappa shape index (κ1) is 6.84. The molecule has 12 heavy (non-hydrogen) atoms. The van der Waals surface area contributed by atoms with E-state index in [1.807, 2.05) is 0 Å². The highest BCUT2D eigenvalue weighted by Crippen LogP contribution is 1.98. The summed E-state index contributed by atoms with van der Waals surface area (Å²) in [4.78, 5) is 17.3. The summed E-state index contributed by atoms with van der Waals surface area (Å²) in [6.07, 6.45) is 0. The van der Waals surface area contributed by atoms with Gasteiger partial charge in [0.05, 0.1) is 0 Å². The smallest absolute Gasteiger partial charge is 0.252 e. The monoisotopic (exact) mass is 165 g/mol. The van der Waals surface area contributed by atoms with Gasteiger partial charge in [-0.25, -0.2) is 4.52 Å². The van der Waals surface area contributed by atoms with E-state index in [0.717, 1.165) is 0 Å². The van der Waals surface area contributed by atoms with Gasteiger partial charge < -0.3 is 5.73 Å². The third kappa shape index (κ3) is 0.849. The third-order valence-electron chi connectivity index (χ3n) is 1.53. The lowest BCUT2D eigenvalue weighted by Crippen LogP contribution is -2.09. The van der Waals surface area contributed by atoms with Crippen molar-refractivity contribution < 1.29 is 0 Å². The van der Waals surface area contributed by atoms with Crippen LogP contribution >= 0.6 is 0 Å². The molecule has 2 aromatic heterocycles. The molecule has 0 atom stereocenters. The van der Waals surface area contributed by atoms with Gasteiger partial charge in [0.2, 0.25) is 11.7 Å². The maximum atomic E-state index is 10.9. The van der Waals surface area contributed by atoms with Gasteiger partial charge in [-0.2, -0.15) is 4.98 Å². The zero-order valence-corrected chi connectivity index (χ0v) is 6.40. The fourth-order valence-corrected chi connectivity index (χ4v) is 1.05. The van der Waals surface area contributed by atoms with Gasteiger partial charge in [0.1, 0.15) is 0 Å². The minimum absolute atomic E-state index is 0.153. The van der Waals surface area contributed by atoms with Crippen LogP contribution < -0.4 is 11.3 Å². The van der Waals surface area contributed by atoms with E-state index < -0.39 is 0 Å². The summed E-state index contributed by atoms with van der Waals surface area (Å²) < 4.78 is 1.48. The molecule has 0 aromatic carbocycles. The Morgan fingerprint density at radius 3 is 3.17 bits per heavy atom. The van der Waals surface area contributed by atoms with Crippen molar-refractivity contribution in [3.63, 3.8) is 0 Å². The number of H-pyrrole nitrogens is 1. The van der Waals surface area contributed by atoms with E-state index in [4.69, 9.17) is 5.73 Å². The Labute approximate surface area is 67.0 Å². The van der Waals surface area contributed by atoms with Crippen molar-refractivity contribution in [2.75, 3.05) is 5.73 Å². The van der Waals surface area contributed by atoms with E-state index in [0.29, 0.717) is 11.5 Å². The van der Waals surface area contributed by atoms with E-state index in [1.165, 1.54) is 10.6 Å². The maximum Gasteiger partial charge on any atom is 0.252 e. The second-order valence-corrected chi connectivity index (χ2v) is 2.48. The summed E-state index contributed by atoms with van der Waals surface area (Å²) in [5.74, 6) is 0.525. The summed E-state index contributed by atoms with van der Waals surface area (Å²) in [5.41, 5.74) is 5.85. The van der Waals surface area contributed by atoms with Crippen molar-refractivity contribution in [1.29, 1.82) is 0 Å². The fraction of sp³-hybridized carbons (Fsp3) is 0.167. The molecule has 0 saturated heterocycles. The van der Waals surface area contributed by atoms with Crippen LogP contribution in [-0.4, -0.2) is 19.6 Å². The van der Waals surface area contributed by atoms with Gasteiger partial charge in [-0.15, -0.1) is 5.10 Å².